The van der Waals surface area contributed by atoms with Crippen molar-refractivity contribution >= 4 is 26.8 Å². The molecule has 1 atom stereocenters. The lowest BCUT2D eigenvalue weighted by Gasteiger charge is -2.16. The number of hydrogen-bond acceptors (Lipinski definition) is 5. The number of aromatic nitrogens is 4. The van der Waals surface area contributed by atoms with Gasteiger partial charge in [0.1, 0.15) is 0 Å². The van der Waals surface area contributed by atoms with E-state index in [9.17, 15) is 0 Å². The Bertz CT molecular complexity index is 769. The average Bonchev–Trinajstić information content (AvgIpc) is 2.89. The third kappa shape index (κ3) is 2.94. The van der Waals surface area contributed by atoms with Gasteiger partial charge in [0, 0.05) is 29.5 Å². The van der Waals surface area contributed by atoms with E-state index in [2.05, 4.69) is 37.7 Å². The molecule has 1 unspecified atom stereocenters. The molecule has 0 spiro atoms. The number of para-hydroxylation sites is 1. The molecule has 0 amide bonds. The van der Waals surface area contributed by atoms with E-state index in [0.29, 0.717) is 6.42 Å². The van der Waals surface area contributed by atoms with Gasteiger partial charge >= 0.3 is 0 Å². The molecule has 0 fully saturated rings. The Balaban J connectivity index is 1.97. The van der Waals surface area contributed by atoms with E-state index in [1.54, 1.807) is 4.68 Å². The van der Waals surface area contributed by atoms with Crippen molar-refractivity contribution in [3.05, 3.63) is 52.4 Å². The predicted molar refractivity (Wildman–Crippen MR) is 84.2 cm³/mol. The topological polar surface area (TPSA) is 81.7 Å². The summed E-state index contributed by atoms with van der Waals surface area (Å²) in [6.45, 7) is 0. The monoisotopic (exact) mass is 346 g/mol. The van der Waals surface area contributed by atoms with Crippen LogP contribution in [0.2, 0.25) is 0 Å². The van der Waals surface area contributed by atoms with Crippen LogP contribution in [0.25, 0.3) is 10.9 Å². The Morgan fingerprint density at radius 2 is 2.19 bits per heavy atom. The highest BCUT2D eigenvalue weighted by Gasteiger charge is 2.18. The molecule has 21 heavy (non-hydrogen) atoms. The van der Waals surface area contributed by atoms with Crippen LogP contribution < -0.4 is 11.3 Å². The summed E-state index contributed by atoms with van der Waals surface area (Å²) in [6, 6.07) is 9.90. The van der Waals surface area contributed by atoms with Gasteiger partial charge in [-0.3, -0.25) is 16.0 Å². The number of rotatable bonds is 4. The van der Waals surface area contributed by atoms with Crippen molar-refractivity contribution < 1.29 is 0 Å². The molecule has 3 rings (SSSR count). The van der Waals surface area contributed by atoms with Gasteiger partial charge in [-0.05, 0) is 28.1 Å². The molecule has 0 saturated carbocycles. The van der Waals surface area contributed by atoms with Crippen molar-refractivity contribution in [1.82, 2.24) is 25.4 Å². The Hall–Kier alpha value is -1.83. The summed E-state index contributed by atoms with van der Waals surface area (Å²) < 4.78 is 2.60. The van der Waals surface area contributed by atoms with E-state index < -0.39 is 0 Å². The number of benzene rings is 1. The lowest BCUT2D eigenvalue weighted by atomic mass is 10.1. The van der Waals surface area contributed by atoms with Gasteiger partial charge in [0.2, 0.25) is 0 Å². The molecule has 0 aliphatic rings. The molecule has 2 heterocycles. The van der Waals surface area contributed by atoms with Crippen molar-refractivity contribution in [1.29, 1.82) is 0 Å². The predicted octanol–water partition coefficient (Wildman–Crippen LogP) is 1.87. The summed E-state index contributed by atoms with van der Waals surface area (Å²) in [5, 5.41) is 9.12. The maximum atomic E-state index is 5.71. The molecule has 0 aliphatic carbocycles. The second-order valence-electron chi connectivity index (χ2n) is 4.86. The highest BCUT2D eigenvalue weighted by atomic mass is 79.9. The zero-order chi connectivity index (χ0) is 14.8. The number of pyridine rings is 1. The highest BCUT2D eigenvalue weighted by molar-refractivity contribution is 9.10. The molecular formula is C14H15BrN6. The maximum Gasteiger partial charge on any atom is 0.0847 e. The van der Waals surface area contributed by atoms with Crippen LogP contribution in [-0.4, -0.2) is 20.0 Å². The molecule has 2 aromatic heterocycles. The molecule has 0 aliphatic heterocycles. The third-order valence-corrected chi connectivity index (χ3v) is 3.93. The van der Waals surface area contributed by atoms with Gasteiger partial charge in [-0.15, -0.1) is 5.10 Å². The van der Waals surface area contributed by atoms with Gasteiger partial charge in [-0.2, -0.15) is 0 Å². The number of nitrogens with two attached hydrogens (primary N) is 1. The van der Waals surface area contributed by atoms with E-state index in [1.165, 1.54) is 0 Å². The molecule has 108 valence electrons. The first-order valence-electron chi connectivity index (χ1n) is 6.54. The van der Waals surface area contributed by atoms with E-state index in [4.69, 9.17) is 10.8 Å². The lowest BCUT2D eigenvalue weighted by molar-refractivity contribution is 0.531. The number of aryl methyl sites for hydroxylation is 1. The van der Waals surface area contributed by atoms with Crippen LogP contribution in [0.1, 0.15) is 17.4 Å². The fraction of sp³-hybridized carbons (Fsp3) is 0.214. The SMILES string of the molecule is Cn1cc(CC(NN)c2nc3ccccc3cc2Br)nn1. The smallest absolute Gasteiger partial charge is 0.0847 e. The molecule has 0 saturated heterocycles. The van der Waals surface area contributed by atoms with Crippen LogP contribution in [0.4, 0.5) is 0 Å². The first-order valence-corrected chi connectivity index (χ1v) is 7.33. The number of nitrogens with one attached hydrogen (secondary N) is 1. The molecule has 7 heteroatoms. The molecular weight excluding hydrogens is 332 g/mol. The summed E-state index contributed by atoms with van der Waals surface area (Å²) in [7, 11) is 1.84. The minimum absolute atomic E-state index is 0.138. The summed E-state index contributed by atoms with van der Waals surface area (Å²) in [5.41, 5.74) is 5.48. The molecule has 0 radical (unpaired) electrons. The van der Waals surface area contributed by atoms with Gasteiger partial charge in [0.15, 0.2) is 0 Å². The van der Waals surface area contributed by atoms with Crippen molar-refractivity contribution in [3.8, 4) is 0 Å². The second kappa shape index (κ2) is 5.88. The third-order valence-electron chi connectivity index (χ3n) is 3.30. The van der Waals surface area contributed by atoms with E-state index in [-0.39, 0.29) is 6.04 Å². The van der Waals surface area contributed by atoms with Crippen molar-refractivity contribution in [2.24, 2.45) is 12.9 Å². The van der Waals surface area contributed by atoms with Gasteiger partial charge in [-0.25, -0.2) is 4.98 Å². The van der Waals surface area contributed by atoms with E-state index in [0.717, 1.165) is 26.8 Å². The summed E-state index contributed by atoms with van der Waals surface area (Å²) in [4.78, 5) is 4.70. The van der Waals surface area contributed by atoms with Crippen LogP contribution in [0.3, 0.4) is 0 Å². The molecule has 3 aromatic rings. The first kappa shape index (κ1) is 14.1. The zero-order valence-corrected chi connectivity index (χ0v) is 13.1. The standard InChI is InChI=1S/C14H15BrN6/c1-21-8-10(19-20-21)7-13(18-16)14-11(15)6-9-4-2-3-5-12(9)17-14/h2-6,8,13,18H,7,16H2,1H3. The van der Waals surface area contributed by atoms with E-state index in [1.807, 2.05) is 37.5 Å². The van der Waals surface area contributed by atoms with E-state index >= 15 is 0 Å². The zero-order valence-electron chi connectivity index (χ0n) is 11.5. The van der Waals surface area contributed by atoms with Crippen LogP contribution in [0.5, 0.6) is 0 Å². The molecule has 0 bridgehead atoms. The van der Waals surface area contributed by atoms with Gasteiger partial charge < -0.3 is 0 Å². The quantitative estimate of drug-likeness (QED) is 0.556. The minimum atomic E-state index is -0.138. The molecule has 1 aromatic carbocycles. The normalized spacial score (nSPS) is 12.7. The number of hydrazine groups is 1. The van der Waals surface area contributed by atoms with Crippen molar-refractivity contribution in [2.75, 3.05) is 0 Å². The average molecular weight is 347 g/mol. The van der Waals surface area contributed by atoms with Crippen LogP contribution >= 0.6 is 15.9 Å². The Morgan fingerprint density at radius 3 is 2.90 bits per heavy atom. The van der Waals surface area contributed by atoms with Gasteiger partial charge in [-0.1, -0.05) is 23.4 Å². The summed E-state index contributed by atoms with van der Waals surface area (Å²) in [6.07, 6.45) is 2.49. The van der Waals surface area contributed by atoms with Crippen LogP contribution in [0.15, 0.2) is 41.0 Å². The highest BCUT2D eigenvalue weighted by Crippen LogP contribution is 2.27. The van der Waals surface area contributed by atoms with Crippen LogP contribution in [-0.2, 0) is 13.5 Å². The maximum absolute atomic E-state index is 5.71. The van der Waals surface area contributed by atoms with Crippen molar-refractivity contribution in [2.45, 2.75) is 12.5 Å². The van der Waals surface area contributed by atoms with Gasteiger partial charge in [0.25, 0.3) is 0 Å². The Labute approximate surface area is 130 Å². The number of nitrogens with zero attached hydrogens (tertiary/aromatic N) is 4. The number of halogens is 1. The molecule has 6 nitrogen and oxygen atoms in total. The largest absolute Gasteiger partial charge is 0.271 e. The lowest BCUT2D eigenvalue weighted by Crippen LogP contribution is -2.30. The first-order chi connectivity index (χ1) is 10.2. The second-order valence-corrected chi connectivity index (χ2v) is 5.71. The van der Waals surface area contributed by atoms with Crippen LogP contribution in [0, 0.1) is 0 Å². The fourth-order valence-corrected chi connectivity index (χ4v) is 2.89. The number of fused-ring (bicyclic) bond motifs is 1. The van der Waals surface area contributed by atoms with Crippen molar-refractivity contribution in [3.63, 3.8) is 0 Å². The fourth-order valence-electron chi connectivity index (χ4n) is 2.28. The van der Waals surface area contributed by atoms with Gasteiger partial charge in [0.05, 0.1) is 22.9 Å². The summed E-state index contributed by atoms with van der Waals surface area (Å²) >= 11 is 3.58. The Kier molecular flexibility index (Phi) is 3.96. The summed E-state index contributed by atoms with van der Waals surface area (Å²) in [5.74, 6) is 5.71. The molecule has 3 N–H and O–H groups in total. The minimum Gasteiger partial charge on any atom is -0.271 e. The Morgan fingerprint density at radius 1 is 1.38 bits per heavy atom. The number of hydrogen-bond donors (Lipinski definition) is 2.